The fourth-order valence-electron chi connectivity index (χ4n) is 2.03. The molecule has 1 rings (SSSR count). The van der Waals surface area contributed by atoms with Crippen LogP contribution in [0, 0.1) is 11.8 Å². The standard InChI is InChI=1S/C16H21BrN2O3/c1-5-22-16(21)14(10(2)3)11(4)18-19-15(20)12-6-8-13(17)9-7-12/h6-10,14H,5H2,1-4H3,(H,19,20)/b18-11-/t14-/m0/s1. The van der Waals surface area contributed by atoms with Gasteiger partial charge in [0.15, 0.2) is 0 Å². The summed E-state index contributed by atoms with van der Waals surface area (Å²) in [6.07, 6.45) is 0. The molecule has 0 radical (unpaired) electrons. The van der Waals surface area contributed by atoms with Gasteiger partial charge in [-0.25, -0.2) is 5.43 Å². The highest BCUT2D eigenvalue weighted by Gasteiger charge is 2.26. The van der Waals surface area contributed by atoms with Crippen LogP contribution in [0.3, 0.4) is 0 Å². The van der Waals surface area contributed by atoms with E-state index < -0.39 is 5.92 Å². The van der Waals surface area contributed by atoms with E-state index in [-0.39, 0.29) is 17.8 Å². The van der Waals surface area contributed by atoms with Crippen LogP contribution in [0.5, 0.6) is 0 Å². The van der Waals surface area contributed by atoms with Crippen molar-refractivity contribution in [2.75, 3.05) is 6.61 Å². The molecule has 0 unspecified atom stereocenters. The molecular formula is C16H21BrN2O3. The molecule has 0 spiro atoms. The molecular weight excluding hydrogens is 348 g/mol. The fourth-order valence-corrected chi connectivity index (χ4v) is 2.30. The number of nitrogens with zero attached hydrogens (tertiary/aromatic N) is 1. The molecule has 5 nitrogen and oxygen atoms in total. The maximum Gasteiger partial charge on any atom is 0.314 e. The van der Waals surface area contributed by atoms with Crippen molar-refractivity contribution in [1.82, 2.24) is 5.43 Å². The van der Waals surface area contributed by atoms with Crippen LogP contribution in [0.15, 0.2) is 33.8 Å². The molecule has 1 aromatic rings. The van der Waals surface area contributed by atoms with Crippen LogP contribution in [-0.2, 0) is 9.53 Å². The van der Waals surface area contributed by atoms with Crippen LogP contribution in [0.25, 0.3) is 0 Å². The van der Waals surface area contributed by atoms with Gasteiger partial charge in [-0.15, -0.1) is 0 Å². The highest BCUT2D eigenvalue weighted by atomic mass is 79.9. The Hall–Kier alpha value is -1.69. The second-order valence-electron chi connectivity index (χ2n) is 5.17. The molecule has 0 saturated carbocycles. The van der Waals surface area contributed by atoms with Gasteiger partial charge in [-0.2, -0.15) is 5.10 Å². The molecule has 1 aromatic carbocycles. The molecule has 1 atom stereocenters. The second-order valence-corrected chi connectivity index (χ2v) is 6.09. The number of halogens is 1. The zero-order valence-corrected chi connectivity index (χ0v) is 14.8. The van der Waals surface area contributed by atoms with Gasteiger partial charge < -0.3 is 4.74 Å². The lowest BCUT2D eigenvalue weighted by atomic mass is 9.92. The van der Waals surface area contributed by atoms with Crippen molar-refractivity contribution in [3.05, 3.63) is 34.3 Å². The van der Waals surface area contributed by atoms with E-state index in [1.54, 1.807) is 38.1 Å². The average molecular weight is 369 g/mol. The molecule has 0 aliphatic carbocycles. The van der Waals surface area contributed by atoms with Gasteiger partial charge in [-0.1, -0.05) is 29.8 Å². The van der Waals surface area contributed by atoms with Crippen LogP contribution in [0.4, 0.5) is 0 Å². The quantitative estimate of drug-likeness (QED) is 0.475. The lowest BCUT2D eigenvalue weighted by Crippen LogP contribution is -2.31. The second kappa shape index (κ2) is 8.68. The van der Waals surface area contributed by atoms with E-state index in [1.807, 2.05) is 13.8 Å². The first-order valence-electron chi connectivity index (χ1n) is 7.13. The van der Waals surface area contributed by atoms with Crippen molar-refractivity contribution < 1.29 is 14.3 Å². The van der Waals surface area contributed by atoms with Crippen LogP contribution in [0.1, 0.15) is 38.1 Å². The molecule has 0 aromatic heterocycles. The number of amides is 1. The SMILES string of the molecule is CCOC(=O)[C@H](/C(C)=N\NC(=O)c1ccc(Br)cc1)C(C)C. The largest absolute Gasteiger partial charge is 0.465 e. The van der Waals surface area contributed by atoms with E-state index in [0.717, 1.165) is 4.47 Å². The van der Waals surface area contributed by atoms with Gasteiger partial charge in [-0.3, -0.25) is 9.59 Å². The Labute approximate surface area is 139 Å². The molecule has 0 aliphatic heterocycles. The van der Waals surface area contributed by atoms with Crippen LogP contribution < -0.4 is 5.43 Å². The minimum atomic E-state index is -0.467. The summed E-state index contributed by atoms with van der Waals surface area (Å²) in [5.74, 6) is -1.08. The van der Waals surface area contributed by atoms with Crippen molar-refractivity contribution in [1.29, 1.82) is 0 Å². The maximum atomic E-state index is 12.0. The summed E-state index contributed by atoms with van der Waals surface area (Å²) >= 11 is 3.31. The maximum absolute atomic E-state index is 12.0. The predicted molar refractivity (Wildman–Crippen MR) is 89.7 cm³/mol. The number of carbonyl (C=O) groups excluding carboxylic acids is 2. The Balaban J connectivity index is 2.79. The van der Waals surface area contributed by atoms with Gasteiger partial charge in [-0.05, 0) is 44.0 Å². The van der Waals surface area contributed by atoms with E-state index in [0.29, 0.717) is 17.9 Å². The Bertz CT molecular complexity index is 553. The average Bonchev–Trinajstić information content (AvgIpc) is 2.45. The number of rotatable bonds is 6. The summed E-state index contributed by atoms with van der Waals surface area (Å²) in [4.78, 5) is 24.0. The first-order valence-corrected chi connectivity index (χ1v) is 7.92. The van der Waals surface area contributed by atoms with E-state index >= 15 is 0 Å². The lowest BCUT2D eigenvalue weighted by molar-refractivity contribution is -0.146. The van der Waals surface area contributed by atoms with Crippen molar-refractivity contribution in [2.45, 2.75) is 27.7 Å². The smallest absolute Gasteiger partial charge is 0.314 e. The third-order valence-corrected chi connectivity index (χ3v) is 3.63. The number of benzene rings is 1. The summed E-state index contributed by atoms with van der Waals surface area (Å²) < 4.78 is 5.95. The third-order valence-electron chi connectivity index (χ3n) is 3.10. The highest BCUT2D eigenvalue weighted by Crippen LogP contribution is 2.15. The lowest BCUT2D eigenvalue weighted by Gasteiger charge is -2.18. The van der Waals surface area contributed by atoms with Crippen LogP contribution in [0.2, 0.25) is 0 Å². The number of nitrogens with one attached hydrogen (secondary N) is 1. The summed E-state index contributed by atoms with van der Waals surface area (Å²) in [6.45, 7) is 7.62. The van der Waals surface area contributed by atoms with Crippen molar-refractivity contribution >= 4 is 33.5 Å². The van der Waals surface area contributed by atoms with Crippen molar-refractivity contribution in [2.24, 2.45) is 16.9 Å². The van der Waals surface area contributed by atoms with E-state index in [1.165, 1.54) is 0 Å². The monoisotopic (exact) mass is 368 g/mol. The van der Waals surface area contributed by atoms with Crippen molar-refractivity contribution in [3.8, 4) is 0 Å². The van der Waals surface area contributed by atoms with E-state index in [2.05, 4.69) is 26.5 Å². The van der Waals surface area contributed by atoms with E-state index in [9.17, 15) is 9.59 Å². The minimum absolute atomic E-state index is 0.0346. The summed E-state index contributed by atoms with van der Waals surface area (Å²) in [6, 6.07) is 6.94. The summed E-state index contributed by atoms with van der Waals surface area (Å²) in [7, 11) is 0. The number of carbonyl (C=O) groups is 2. The van der Waals surface area contributed by atoms with Gasteiger partial charge >= 0.3 is 5.97 Å². The van der Waals surface area contributed by atoms with Gasteiger partial charge in [0.25, 0.3) is 5.91 Å². The molecule has 1 amide bonds. The van der Waals surface area contributed by atoms with Gasteiger partial charge in [0.1, 0.15) is 0 Å². The summed E-state index contributed by atoms with van der Waals surface area (Å²) in [5, 5.41) is 4.05. The summed E-state index contributed by atoms with van der Waals surface area (Å²) in [5.41, 5.74) is 3.50. The first-order chi connectivity index (χ1) is 10.4. The zero-order valence-electron chi connectivity index (χ0n) is 13.2. The van der Waals surface area contributed by atoms with Gasteiger partial charge in [0.2, 0.25) is 0 Å². The molecule has 1 N–H and O–H groups in total. The molecule has 0 saturated heterocycles. The normalized spacial score (nSPS) is 12.9. The Morgan fingerprint density at radius 3 is 2.36 bits per heavy atom. The highest BCUT2D eigenvalue weighted by molar-refractivity contribution is 9.10. The molecule has 0 bridgehead atoms. The molecule has 0 aliphatic rings. The molecule has 6 heteroatoms. The van der Waals surface area contributed by atoms with Crippen molar-refractivity contribution in [3.63, 3.8) is 0 Å². The number of hydrogen-bond acceptors (Lipinski definition) is 4. The first kappa shape index (κ1) is 18.4. The Morgan fingerprint density at radius 1 is 1.27 bits per heavy atom. The van der Waals surface area contributed by atoms with Gasteiger partial charge in [0, 0.05) is 15.7 Å². The topological polar surface area (TPSA) is 67.8 Å². The van der Waals surface area contributed by atoms with Crippen LogP contribution >= 0.6 is 15.9 Å². The fraction of sp³-hybridized carbons (Fsp3) is 0.438. The molecule has 120 valence electrons. The Morgan fingerprint density at radius 2 is 1.86 bits per heavy atom. The minimum Gasteiger partial charge on any atom is -0.465 e. The number of hydrogen-bond donors (Lipinski definition) is 1. The molecule has 0 fully saturated rings. The van der Waals surface area contributed by atoms with Gasteiger partial charge in [0.05, 0.1) is 12.5 Å². The zero-order chi connectivity index (χ0) is 16.7. The van der Waals surface area contributed by atoms with Crippen LogP contribution in [-0.4, -0.2) is 24.2 Å². The van der Waals surface area contributed by atoms with E-state index in [4.69, 9.17) is 4.74 Å². The molecule has 22 heavy (non-hydrogen) atoms. The Kier molecular flexibility index (Phi) is 7.24. The predicted octanol–water partition coefficient (Wildman–Crippen LogP) is 3.39. The number of esters is 1. The number of hydrazone groups is 1. The number of ether oxygens (including phenoxy) is 1. The molecule has 0 heterocycles. The third kappa shape index (κ3) is 5.26.